The van der Waals surface area contributed by atoms with Crippen LogP contribution >= 0.6 is 0 Å². The van der Waals surface area contributed by atoms with E-state index in [4.69, 9.17) is 29.8 Å². The molecule has 2 bridgehead atoms. The molecule has 2 aromatic carbocycles. The lowest BCUT2D eigenvalue weighted by Crippen LogP contribution is -2.81. The largest absolute Gasteiger partial charge is 0.480 e. The number of carbonyl (C=O) groups is 9. The number of amides is 5. The molecule has 2 heterocycles. The highest BCUT2D eigenvalue weighted by molar-refractivity contribution is 5.96. The fourth-order valence-electron chi connectivity index (χ4n) is 12.1. The first-order valence-electron chi connectivity index (χ1n) is 25.4. The van der Waals surface area contributed by atoms with Gasteiger partial charge >= 0.3 is 29.9 Å². The van der Waals surface area contributed by atoms with Gasteiger partial charge in [0.25, 0.3) is 0 Å². The SMILES string of the molecule is CC(=O)O[C@@]12COC1C[C@H](O)[C@@]1(C)C(=O)[C@H](O)C3=C(C)[C@@H](OC(=O)C(O)[C@@H](NC(=O)N[C@H](C(=O)N4CCC[C@H]4C(=O)NCC(=O)NCC(=O)O)C(C)C)c4ccccc4)C[C@@](O)([C@@H](OC(=O)c4cccc(N)c4)C21)C3(C)C. The number of rotatable bonds is 16. The van der Waals surface area contributed by atoms with Crippen LogP contribution in [0.3, 0.4) is 0 Å². The molecule has 2 aromatic rings. The van der Waals surface area contributed by atoms with Crippen LogP contribution < -0.4 is 27.0 Å². The Balaban J connectivity index is 1.20. The summed E-state index contributed by atoms with van der Waals surface area (Å²) >= 11 is 0. The van der Waals surface area contributed by atoms with Gasteiger partial charge in [-0.05, 0) is 67.5 Å². The average molecular weight is 1080 g/mol. The van der Waals surface area contributed by atoms with Crippen LogP contribution in [0.15, 0.2) is 65.7 Å². The number of nitrogens with zero attached hydrogens (tertiary/aromatic N) is 1. The topological polar surface area (TPSA) is 369 Å². The van der Waals surface area contributed by atoms with Crippen molar-refractivity contribution in [2.45, 2.75) is 140 Å². The zero-order chi connectivity index (χ0) is 56.7. The number of Topliss-reactive ketones (excluding diaryl/α,β-unsaturated/α-hetero) is 1. The Morgan fingerprint density at radius 2 is 1.62 bits per heavy atom. The Bertz CT molecular complexity index is 2720. The zero-order valence-corrected chi connectivity index (χ0v) is 43.8. The number of benzene rings is 2. The molecule has 24 heteroatoms. The van der Waals surface area contributed by atoms with Crippen molar-refractivity contribution in [2.75, 3.05) is 32.0 Å². The number of fused-ring (bicyclic) bond motifs is 5. The van der Waals surface area contributed by atoms with Crippen molar-refractivity contribution >= 4 is 59.1 Å². The maximum absolute atomic E-state index is 15.2. The monoisotopic (exact) mass is 1080 g/mol. The highest BCUT2D eigenvalue weighted by Gasteiger charge is 2.78. The Labute approximate surface area is 443 Å². The number of aliphatic hydroxyl groups is 4. The molecule has 7 rings (SSSR count). The third-order valence-corrected chi connectivity index (χ3v) is 16.2. The Morgan fingerprint density at radius 3 is 2.23 bits per heavy atom. The number of ether oxygens (including phenoxy) is 4. The number of anilines is 1. The Kier molecular flexibility index (Phi) is 16.6. The first kappa shape index (κ1) is 57.7. The van der Waals surface area contributed by atoms with E-state index < -0.39 is 162 Å². The van der Waals surface area contributed by atoms with Crippen molar-refractivity contribution in [1.29, 1.82) is 0 Å². The summed E-state index contributed by atoms with van der Waals surface area (Å²) in [7, 11) is 0. The minimum Gasteiger partial charge on any atom is -0.480 e. The van der Waals surface area contributed by atoms with Crippen molar-refractivity contribution in [3.8, 4) is 0 Å². The number of aliphatic carboxylic acids is 1. The molecule has 3 aliphatic carbocycles. The maximum Gasteiger partial charge on any atom is 0.338 e. The highest BCUT2D eigenvalue weighted by Crippen LogP contribution is 2.64. The van der Waals surface area contributed by atoms with Crippen LogP contribution in [-0.4, -0.2) is 170 Å². The molecule has 5 amide bonds. The van der Waals surface area contributed by atoms with E-state index in [1.54, 1.807) is 32.0 Å². The molecule has 3 unspecified atom stereocenters. The van der Waals surface area contributed by atoms with Gasteiger partial charge in [0.1, 0.15) is 48.6 Å². The second kappa shape index (κ2) is 22.2. The Hall–Kier alpha value is -6.99. The lowest BCUT2D eigenvalue weighted by atomic mass is 9.44. The number of carbonyl (C=O) groups excluding carboxylic acids is 8. The van der Waals surface area contributed by atoms with Gasteiger partial charge in [0.05, 0.1) is 42.2 Å². The number of nitrogens with two attached hydrogens (primary N) is 1. The number of carboxylic acid groups (broad SMARTS) is 1. The number of nitrogen functional groups attached to an aromatic ring is 1. The van der Waals surface area contributed by atoms with E-state index in [0.717, 1.165) is 6.92 Å². The standard InChI is InChI=1S/C53H68N6O18/c1-25(2)38(46(69)59-18-12-17-31(59)45(68)56-22-35(62)55-23-36(63)64)57-49(72)58-39(28-13-9-8-10-14-28)41(66)48(71)75-32-21-53(73)44(76-47(70)29-15-11-16-30(54)19-29)42-51(7,43(67)40(65)37(26(32)3)50(53,5)6)33(61)20-34-52(42,24-74-34)77-27(4)60/h8-11,13-16,19,25,31-34,38-42,44,61,65-66,73H,12,17-18,20-24,54H2,1-7H3,(H,55,62)(H,56,68)(H,63,64)(H2,57,58,72)/t31-,32-,33-,34?,38-,39-,40+,41?,42?,44-,51+,52-,53+/m0/s1. The Morgan fingerprint density at radius 1 is 0.935 bits per heavy atom. The first-order valence-corrected chi connectivity index (χ1v) is 25.4. The fraction of sp³-hybridized carbons (Fsp3) is 0.566. The molecule has 24 nitrogen and oxygen atoms in total. The van der Waals surface area contributed by atoms with Gasteiger partial charge in [0.2, 0.25) is 17.7 Å². The van der Waals surface area contributed by atoms with Gasteiger partial charge in [0, 0.05) is 37.4 Å². The van der Waals surface area contributed by atoms with Crippen LogP contribution in [0.25, 0.3) is 0 Å². The van der Waals surface area contributed by atoms with E-state index >= 15 is 4.79 Å². The average Bonchev–Trinajstić information content (AvgIpc) is 3.95. The summed E-state index contributed by atoms with van der Waals surface area (Å²) in [6, 6.07) is 8.50. The smallest absolute Gasteiger partial charge is 0.338 e. The number of hydrogen-bond acceptors (Lipinski definition) is 18. The van der Waals surface area contributed by atoms with Crippen molar-refractivity contribution in [3.05, 3.63) is 76.9 Å². The predicted molar refractivity (Wildman–Crippen MR) is 267 cm³/mol. The summed E-state index contributed by atoms with van der Waals surface area (Å²) in [5, 5.41) is 68.6. The zero-order valence-electron chi connectivity index (χ0n) is 43.8. The van der Waals surface area contributed by atoms with E-state index in [0.29, 0.717) is 6.42 Å². The second-order valence-electron chi connectivity index (χ2n) is 21.6. The quantitative estimate of drug-likeness (QED) is 0.0456. The van der Waals surface area contributed by atoms with E-state index in [1.165, 1.54) is 69.0 Å². The van der Waals surface area contributed by atoms with Crippen molar-refractivity contribution in [1.82, 2.24) is 26.2 Å². The molecular weight excluding hydrogens is 1010 g/mol. The second-order valence-corrected chi connectivity index (χ2v) is 21.6. The van der Waals surface area contributed by atoms with Crippen molar-refractivity contribution in [2.24, 2.45) is 22.7 Å². The summed E-state index contributed by atoms with van der Waals surface area (Å²) in [5.41, 5.74) is -1.97. The molecule has 2 saturated carbocycles. The molecular formula is C53H68N6O18. The van der Waals surface area contributed by atoms with Gasteiger partial charge < -0.3 is 76.4 Å². The van der Waals surface area contributed by atoms with E-state index in [1.807, 2.05) is 0 Å². The number of hydrogen-bond donors (Lipinski definition) is 10. The number of urea groups is 1. The number of carboxylic acids is 1. The van der Waals surface area contributed by atoms with Gasteiger partial charge in [-0.3, -0.25) is 28.8 Å². The van der Waals surface area contributed by atoms with Crippen molar-refractivity contribution in [3.63, 3.8) is 0 Å². The van der Waals surface area contributed by atoms with E-state index in [-0.39, 0.29) is 54.0 Å². The molecule has 4 fully saturated rings. The third kappa shape index (κ3) is 10.7. The predicted octanol–water partition coefficient (Wildman–Crippen LogP) is -0.0511. The van der Waals surface area contributed by atoms with Crippen LogP contribution in [0.5, 0.6) is 0 Å². The number of aliphatic hydroxyl groups excluding tert-OH is 3. The molecule has 0 spiro atoms. The number of esters is 3. The molecule has 13 atom stereocenters. The highest BCUT2D eigenvalue weighted by atomic mass is 16.6. The molecule has 5 aliphatic rings. The van der Waals surface area contributed by atoms with Gasteiger partial charge in [-0.25, -0.2) is 14.4 Å². The minimum absolute atomic E-state index is 0.0597. The van der Waals surface area contributed by atoms with Crippen LogP contribution in [0, 0.1) is 22.7 Å². The normalized spacial score (nSPS) is 30.3. The van der Waals surface area contributed by atoms with Gasteiger partial charge in [-0.1, -0.05) is 64.1 Å². The third-order valence-electron chi connectivity index (χ3n) is 16.2. The van der Waals surface area contributed by atoms with Gasteiger partial charge in [0.15, 0.2) is 17.5 Å². The van der Waals surface area contributed by atoms with E-state index in [2.05, 4.69) is 21.3 Å². The van der Waals surface area contributed by atoms with Gasteiger partial charge in [-0.15, -0.1) is 0 Å². The van der Waals surface area contributed by atoms with Crippen LogP contribution in [-0.2, 0) is 52.5 Å². The van der Waals surface area contributed by atoms with Gasteiger partial charge in [-0.2, -0.15) is 0 Å². The lowest BCUT2D eigenvalue weighted by molar-refractivity contribution is -0.346. The number of nitrogens with one attached hydrogen (secondary N) is 4. The molecule has 11 N–H and O–H groups in total. The molecule has 418 valence electrons. The molecule has 0 aromatic heterocycles. The molecule has 2 saturated heterocycles. The fourth-order valence-corrected chi connectivity index (χ4v) is 12.1. The summed E-state index contributed by atoms with van der Waals surface area (Å²) in [5.74, 6) is -9.86. The van der Waals surface area contributed by atoms with Crippen molar-refractivity contribution < 1.29 is 87.6 Å². The lowest BCUT2D eigenvalue weighted by Gasteiger charge is -2.67. The maximum atomic E-state index is 15.2. The minimum atomic E-state index is -2.49. The number of likely N-dealkylation sites (tertiary alicyclic amines) is 1. The first-order chi connectivity index (χ1) is 36.1. The molecule has 77 heavy (non-hydrogen) atoms. The number of ketones is 1. The molecule has 2 aliphatic heterocycles. The van der Waals surface area contributed by atoms with Crippen LogP contribution in [0.1, 0.15) is 96.1 Å². The summed E-state index contributed by atoms with van der Waals surface area (Å²) < 4.78 is 24.3. The van der Waals surface area contributed by atoms with Crippen LogP contribution in [0.4, 0.5) is 10.5 Å². The molecule has 0 radical (unpaired) electrons. The van der Waals surface area contributed by atoms with E-state index in [9.17, 15) is 58.8 Å². The summed E-state index contributed by atoms with van der Waals surface area (Å²) in [4.78, 5) is 123. The summed E-state index contributed by atoms with van der Waals surface area (Å²) in [6.07, 6.45) is -10.9. The summed E-state index contributed by atoms with van der Waals surface area (Å²) in [6.45, 7) is 8.67. The van der Waals surface area contributed by atoms with Crippen LogP contribution in [0.2, 0.25) is 0 Å².